The topological polar surface area (TPSA) is 98.5 Å². The van der Waals surface area contributed by atoms with Crippen molar-refractivity contribution in [1.29, 1.82) is 0 Å². The molecule has 130 valence electrons. The smallest absolute Gasteiger partial charge is 0.340 e. The lowest BCUT2D eigenvalue weighted by Gasteiger charge is -2.14. The van der Waals surface area contributed by atoms with Crippen molar-refractivity contribution in [3.05, 3.63) is 68.2 Å². The minimum Gasteiger partial charge on any atom is -0.449 e. The van der Waals surface area contributed by atoms with E-state index in [1.807, 2.05) is 0 Å². The molecule has 0 bridgehead atoms. The lowest BCUT2D eigenvalue weighted by atomic mass is 10.2. The molecule has 0 heterocycles. The Morgan fingerprint density at radius 3 is 2.56 bits per heavy atom. The zero-order chi connectivity index (χ0) is 18.6. The summed E-state index contributed by atoms with van der Waals surface area (Å²) in [5.41, 5.74) is 0.0696. The van der Waals surface area contributed by atoms with Crippen LogP contribution in [0, 0.1) is 10.1 Å². The van der Waals surface area contributed by atoms with Gasteiger partial charge in [0.05, 0.1) is 20.5 Å². The first-order chi connectivity index (χ1) is 11.8. The van der Waals surface area contributed by atoms with E-state index in [0.717, 1.165) is 0 Å². The van der Waals surface area contributed by atoms with Crippen molar-refractivity contribution in [2.45, 2.75) is 13.0 Å². The number of anilines is 1. The van der Waals surface area contributed by atoms with E-state index in [-0.39, 0.29) is 27.0 Å². The summed E-state index contributed by atoms with van der Waals surface area (Å²) in [4.78, 5) is 34.3. The van der Waals surface area contributed by atoms with E-state index in [1.54, 1.807) is 0 Å². The standard InChI is InChI=1S/C16H12Cl2N2O5/c1-9(25-16(22)12-6-3-7-13(17)14(12)18)15(21)19-10-4-2-5-11(8-10)20(23)24/h2-9H,1H3,(H,19,21)/t9-/m1/s1. The van der Waals surface area contributed by atoms with E-state index in [1.165, 1.54) is 49.4 Å². The Hall–Kier alpha value is -2.64. The fourth-order valence-electron chi connectivity index (χ4n) is 1.88. The van der Waals surface area contributed by atoms with Crippen molar-refractivity contribution < 1.29 is 19.2 Å². The molecule has 0 unspecified atom stereocenters. The number of nitro groups is 1. The van der Waals surface area contributed by atoms with Gasteiger partial charge in [-0.1, -0.05) is 35.3 Å². The highest BCUT2D eigenvalue weighted by Crippen LogP contribution is 2.26. The summed E-state index contributed by atoms with van der Waals surface area (Å²) in [7, 11) is 0. The Kier molecular flexibility index (Phi) is 5.95. The molecular weight excluding hydrogens is 371 g/mol. The van der Waals surface area contributed by atoms with Crippen LogP contribution in [-0.2, 0) is 9.53 Å². The number of esters is 1. The fourth-order valence-corrected chi connectivity index (χ4v) is 2.26. The lowest BCUT2D eigenvalue weighted by Crippen LogP contribution is -2.30. The van der Waals surface area contributed by atoms with Gasteiger partial charge in [-0.25, -0.2) is 4.79 Å². The summed E-state index contributed by atoms with van der Waals surface area (Å²) in [5, 5.41) is 13.4. The number of amides is 1. The van der Waals surface area contributed by atoms with E-state index in [9.17, 15) is 19.7 Å². The molecule has 0 aliphatic carbocycles. The lowest BCUT2D eigenvalue weighted by molar-refractivity contribution is -0.384. The number of hydrogen-bond donors (Lipinski definition) is 1. The number of nitro benzene ring substituents is 1. The van der Waals surface area contributed by atoms with Gasteiger partial charge in [0.1, 0.15) is 0 Å². The van der Waals surface area contributed by atoms with Gasteiger partial charge in [-0.3, -0.25) is 14.9 Å². The average Bonchev–Trinajstić information content (AvgIpc) is 2.57. The van der Waals surface area contributed by atoms with E-state index in [4.69, 9.17) is 27.9 Å². The monoisotopic (exact) mass is 382 g/mol. The average molecular weight is 383 g/mol. The maximum atomic E-state index is 12.1. The van der Waals surface area contributed by atoms with Gasteiger partial charge < -0.3 is 10.1 Å². The Bertz CT molecular complexity index is 841. The SMILES string of the molecule is C[C@@H](OC(=O)c1cccc(Cl)c1Cl)C(=O)Nc1cccc([N+](=O)[O-])c1. The molecule has 2 aromatic carbocycles. The number of halogens is 2. The molecule has 0 spiro atoms. The van der Waals surface area contributed by atoms with Crippen molar-refractivity contribution in [3.8, 4) is 0 Å². The first-order valence-corrected chi connectivity index (χ1v) is 7.75. The van der Waals surface area contributed by atoms with Crippen LogP contribution in [0.2, 0.25) is 10.0 Å². The van der Waals surface area contributed by atoms with Crippen molar-refractivity contribution in [1.82, 2.24) is 0 Å². The highest BCUT2D eigenvalue weighted by molar-refractivity contribution is 6.43. The molecule has 2 aromatic rings. The van der Waals surface area contributed by atoms with Gasteiger partial charge in [0.2, 0.25) is 0 Å². The molecule has 2 rings (SSSR count). The van der Waals surface area contributed by atoms with E-state index < -0.39 is 22.9 Å². The maximum Gasteiger partial charge on any atom is 0.340 e. The van der Waals surface area contributed by atoms with Crippen LogP contribution in [0.25, 0.3) is 0 Å². The first-order valence-electron chi connectivity index (χ1n) is 7.00. The van der Waals surface area contributed by atoms with E-state index in [0.29, 0.717) is 0 Å². The maximum absolute atomic E-state index is 12.1. The third-order valence-corrected chi connectivity index (χ3v) is 3.97. The zero-order valence-corrected chi connectivity index (χ0v) is 14.4. The normalized spacial score (nSPS) is 11.5. The summed E-state index contributed by atoms with van der Waals surface area (Å²) >= 11 is 11.8. The summed E-state index contributed by atoms with van der Waals surface area (Å²) in [5.74, 6) is -1.46. The summed E-state index contributed by atoms with van der Waals surface area (Å²) < 4.78 is 5.06. The van der Waals surface area contributed by atoms with Crippen molar-refractivity contribution in [2.75, 3.05) is 5.32 Å². The van der Waals surface area contributed by atoms with Gasteiger partial charge in [0, 0.05) is 17.8 Å². The van der Waals surface area contributed by atoms with Crippen LogP contribution < -0.4 is 5.32 Å². The van der Waals surface area contributed by atoms with Gasteiger partial charge >= 0.3 is 5.97 Å². The highest BCUT2D eigenvalue weighted by atomic mass is 35.5. The molecule has 0 radical (unpaired) electrons. The second-order valence-electron chi connectivity index (χ2n) is 4.95. The number of benzene rings is 2. The number of non-ortho nitro benzene ring substituents is 1. The number of carbonyl (C=O) groups excluding carboxylic acids is 2. The van der Waals surface area contributed by atoms with Gasteiger partial charge in [-0.15, -0.1) is 0 Å². The molecule has 7 nitrogen and oxygen atoms in total. The van der Waals surface area contributed by atoms with Crippen LogP contribution in [0.15, 0.2) is 42.5 Å². The van der Waals surface area contributed by atoms with Crippen molar-refractivity contribution >= 4 is 46.5 Å². The van der Waals surface area contributed by atoms with Crippen LogP contribution in [0.3, 0.4) is 0 Å². The van der Waals surface area contributed by atoms with Crippen LogP contribution >= 0.6 is 23.2 Å². The Labute approximate surface area is 152 Å². The molecular formula is C16H12Cl2N2O5. The van der Waals surface area contributed by atoms with Crippen LogP contribution in [0.4, 0.5) is 11.4 Å². The number of nitrogens with zero attached hydrogens (tertiary/aromatic N) is 1. The third kappa shape index (κ3) is 4.68. The molecule has 25 heavy (non-hydrogen) atoms. The van der Waals surface area contributed by atoms with Gasteiger partial charge in [-0.2, -0.15) is 0 Å². The fraction of sp³-hybridized carbons (Fsp3) is 0.125. The Balaban J connectivity index is 2.05. The predicted molar refractivity (Wildman–Crippen MR) is 93.1 cm³/mol. The van der Waals surface area contributed by atoms with Crippen molar-refractivity contribution in [3.63, 3.8) is 0 Å². The zero-order valence-electron chi connectivity index (χ0n) is 12.9. The van der Waals surface area contributed by atoms with E-state index in [2.05, 4.69) is 5.32 Å². The Morgan fingerprint density at radius 1 is 1.20 bits per heavy atom. The second kappa shape index (κ2) is 7.96. The van der Waals surface area contributed by atoms with Gasteiger partial charge in [-0.05, 0) is 25.1 Å². The second-order valence-corrected chi connectivity index (χ2v) is 5.73. The first kappa shape index (κ1) is 18.7. The molecule has 1 atom stereocenters. The van der Waals surface area contributed by atoms with Crippen LogP contribution in [0.5, 0.6) is 0 Å². The quantitative estimate of drug-likeness (QED) is 0.477. The summed E-state index contributed by atoms with van der Waals surface area (Å²) in [6, 6.07) is 9.85. The number of rotatable bonds is 5. The molecule has 0 aliphatic rings. The number of ether oxygens (including phenoxy) is 1. The molecule has 0 aliphatic heterocycles. The molecule has 1 amide bonds. The number of hydrogen-bond acceptors (Lipinski definition) is 5. The minimum atomic E-state index is -1.15. The largest absolute Gasteiger partial charge is 0.449 e. The minimum absolute atomic E-state index is 0.0282. The third-order valence-electron chi connectivity index (χ3n) is 3.15. The van der Waals surface area contributed by atoms with Crippen LogP contribution in [-0.4, -0.2) is 22.9 Å². The number of carbonyl (C=O) groups is 2. The Morgan fingerprint density at radius 2 is 1.88 bits per heavy atom. The predicted octanol–water partition coefficient (Wildman–Crippen LogP) is 4.09. The van der Waals surface area contributed by atoms with Crippen LogP contribution in [0.1, 0.15) is 17.3 Å². The highest BCUT2D eigenvalue weighted by Gasteiger charge is 2.22. The van der Waals surface area contributed by atoms with Gasteiger partial charge in [0.15, 0.2) is 6.10 Å². The molecule has 0 fully saturated rings. The molecule has 0 saturated heterocycles. The summed E-state index contributed by atoms with van der Waals surface area (Å²) in [6.45, 7) is 1.36. The van der Waals surface area contributed by atoms with E-state index >= 15 is 0 Å². The molecule has 0 saturated carbocycles. The molecule has 1 N–H and O–H groups in total. The molecule has 9 heteroatoms. The van der Waals surface area contributed by atoms with Gasteiger partial charge in [0.25, 0.3) is 11.6 Å². The number of nitrogens with one attached hydrogen (secondary N) is 1. The molecule has 0 aromatic heterocycles. The van der Waals surface area contributed by atoms with Crippen molar-refractivity contribution in [2.24, 2.45) is 0 Å². The summed E-state index contributed by atoms with van der Waals surface area (Å²) in [6.07, 6.45) is -1.15.